The van der Waals surface area contributed by atoms with E-state index in [1.165, 1.54) is 11.1 Å². The second-order valence-electron chi connectivity index (χ2n) is 11.4. The average molecular weight is 533 g/mol. The summed E-state index contributed by atoms with van der Waals surface area (Å²) < 4.78 is 1.91. The summed E-state index contributed by atoms with van der Waals surface area (Å²) >= 11 is 1.62. The number of fused-ring (bicyclic) bond motifs is 1. The molecule has 1 N–H and O–H groups in total. The molecule has 2 amide bonds. The van der Waals surface area contributed by atoms with Crippen molar-refractivity contribution in [1.29, 1.82) is 0 Å². The van der Waals surface area contributed by atoms with Crippen molar-refractivity contribution in [1.82, 2.24) is 15.1 Å². The summed E-state index contributed by atoms with van der Waals surface area (Å²) in [5.74, 6) is 0.729. The lowest BCUT2D eigenvalue weighted by atomic mass is 9.86. The molecule has 2 unspecified atom stereocenters. The molecule has 0 bridgehead atoms. The minimum atomic E-state index is -0.284. The van der Waals surface area contributed by atoms with Crippen molar-refractivity contribution in [2.24, 2.45) is 0 Å². The van der Waals surface area contributed by atoms with E-state index in [4.69, 9.17) is 5.10 Å². The quantitative estimate of drug-likeness (QED) is 0.412. The van der Waals surface area contributed by atoms with Gasteiger partial charge in [-0.15, -0.1) is 11.8 Å². The SMILES string of the molecule is CCC(C)NC(=O)CN1C(=O)CSC(c2ccccc2C)c2c(C(C)(C)C)nn(-c3ccc(C)cc3C)c21. The molecule has 7 heteroatoms. The first-order valence-electron chi connectivity index (χ1n) is 13.4. The number of hydrogen-bond acceptors (Lipinski definition) is 4. The first kappa shape index (κ1) is 28.0. The number of carbonyl (C=O) groups is 2. The molecule has 0 saturated carbocycles. The Morgan fingerprint density at radius 3 is 2.47 bits per heavy atom. The van der Waals surface area contributed by atoms with Gasteiger partial charge >= 0.3 is 0 Å². The number of aryl methyl sites for hydroxylation is 3. The fourth-order valence-corrected chi connectivity index (χ4v) is 6.27. The molecular weight excluding hydrogens is 492 g/mol. The first-order chi connectivity index (χ1) is 17.9. The fraction of sp³-hybridized carbons (Fsp3) is 0.452. The van der Waals surface area contributed by atoms with Gasteiger partial charge in [0.15, 0.2) is 0 Å². The summed E-state index contributed by atoms with van der Waals surface area (Å²) in [5.41, 5.74) is 7.15. The summed E-state index contributed by atoms with van der Waals surface area (Å²) in [6.45, 7) is 16.7. The van der Waals surface area contributed by atoms with Gasteiger partial charge in [-0.2, -0.15) is 5.10 Å². The summed E-state index contributed by atoms with van der Waals surface area (Å²) in [5, 5.41) is 8.17. The van der Waals surface area contributed by atoms with Crippen molar-refractivity contribution < 1.29 is 9.59 Å². The minimum Gasteiger partial charge on any atom is -0.352 e. The van der Waals surface area contributed by atoms with E-state index in [9.17, 15) is 9.59 Å². The van der Waals surface area contributed by atoms with Crippen molar-refractivity contribution >= 4 is 29.4 Å². The zero-order valence-electron chi connectivity index (χ0n) is 23.9. The van der Waals surface area contributed by atoms with Crippen LogP contribution in [0.2, 0.25) is 0 Å². The van der Waals surface area contributed by atoms with E-state index in [0.717, 1.165) is 34.5 Å². The molecule has 0 saturated heterocycles. The molecule has 2 atom stereocenters. The molecule has 0 spiro atoms. The molecule has 6 nitrogen and oxygen atoms in total. The number of thioether (sulfide) groups is 1. The van der Waals surface area contributed by atoms with E-state index in [-0.39, 0.29) is 40.8 Å². The number of anilines is 1. The number of amides is 2. The highest BCUT2D eigenvalue weighted by atomic mass is 32.2. The normalized spacial score (nSPS) is 16.7. The van der Waals surface area contributed by atoms with Crippen LogP contribution in [0.1, 0.15) is 79.8 Å². The van der Waals surface area contributed by atoms with Crippen molar-refractivity contribution in [3.63, 3.8) is 0 Å². The third-order valence-electron chi connectivity index (χ3n) is 7.17. The predicted molar refractivity (Wildman–Crippen MR) is 157 cm³/mol. The number of rotatable bonds is 6. The summed E-state index contributed by atoms with van der Waals surface area (Å²) in [4.78, 5) is 28.6. The van der Waals surface area contributed by atoms with Crippen LogP contribution in [0.15, 0.2) is 42.5 Å². The Labute approximate surface area is 231 Å². The average Bonchev–Trinajstić information content (AvgIpc) is 3.17. The molecule has 1 aliphatic heterocycles. The second-order valence-corrected chi connectivity index (χ2v) is 12.5. The maximum Gasteiger partial charge on any atom is 0.240 e. The summed E-state index contributed by atoms with van der Waals surface area (Å²) in [6, 6.07) is 14.7. The van der Waals surface area contributed by atoms with E-state index >= 15 is 0 Å². The Morgan fingerprint density at radius 2 is 1.84 bits per heavy atom. The van der Waals surface area contributed by atoms with E-state index < -0.39 is 0 Å². The Bertz CT molecular complexity index is 1350. The molecule has 2 heterocycles. The number of aromatic nitrogens is 2. The van der Waals surface area contributed by atoms with Crippen LogP contribution in [0.25, 0.3) is 5.69 Å². The Kier molecular flexibility index (Phi) is 8.07. The molecule has 0 fully saturated rings. The van der Waals surface area contributed by atoms with Crippen molar-refractivity contribution in [2.75, 3.05) is 17.2 Å². The maximum absolute atomic E-state index is 13.8. The molecule has 0 aliphatic carbocycles. The maximum atomic E-state index is 13.8. The van der Waals surface area contributed by atoms with E-state index in [1.807, 2.05) is 24.6 Å². The lowest BCUT2D eigenvalue weighted by Gasteiger charge is -2.25. The zero-order valence-corrected chi connectivity index (χ0v) is 24.7. The van der Waals surface area contributed by atoms with Crippen molar-refractivity contribution in [3.8, 4) is 5.69 Å². The predicted octanol–water partition coefficient (Wildman–Crippen LogP) is 6.18. The van der Waals surface area contributed by atoms with Crippen LogP contribution < -0.4 is 10.2 Å². The minimum absolute atomic E-state index is 0.0348. The topological polar surface area (TPSA) is 67.2 Å². The summed E-state index contributed by atoms with van der Waals surface area (Å²) in [6.07, 6.45) is 0.824. The molecule has 4 rings (SSSR count). The number of nitrogens with one attached hydrogen (secondary N) is 1. The van der Waals surface area contributed by atoms with Crippen LogP contribution >= 0.6 is 11.8 Å². The highest BCUT2D eigenvalue weighted by Gasteiger charge is 2.40. The van der Waals surface area contributed by atoms with Gasteiger partial charge in [0.1, 0.15) is 12.4 Å². The highest BCUT2D eigenvalue weighted by molar-refractivity contribution is 8.00. The van der Waals surface area contributed by atoms with Gasteiger partial charge < -0.3 is 5.32 Å². The molecular formula is C31H40N4O2S. The summed E-state index contributed by atoms with van der Waals surface area (Å²) in [7, 11) is 0. The second kappa shape index (κ2) is 11.0. The van der Waals surface area contributed by atoms with E-state index in [0.29, 0.717) is 5.82 Å². The Hall–Kier alpha value is -3.06. The van der Waals surface area contributed by atoms with Crippen LogP contribution in [0, 0.1) is 20.8 Å². The third kappa shape index (κ3) is 5.53. The van der Waals surface area contributed by atoms with Crippen LogP contribution in [0.5, 0.6) is 0 Å². The van der Waals surface area contributed by atoms with Gasteiger partial charge in [0.05, 0.1) is 22.4 Å². The number of hydrogen-bond donors (Lipinski definition) is 1. The monoisotopic (exact) mass is 532 g/mol. The van der Waals surface area contributed by atoms with E-state index in [2.05, 4.69) is 83.3 Å². The lowest BCUT2D eigenvalue weighted by molar-refractivity contribution is -0.123. The molecule has 1 aromatic heterocycles. The molecule has 0 radical (unpaired) electrons. The van der Waals surface area contributed by atoms with Gasteiger partial charge in [-0.25, -0.2) is 4.68 Å². The largest absolute Gasteiger partial charge is 0.352 e. The first-order valence-corrected chi connectivity index (χ1v) is 14.4. The Balaban J connectivity index is 2.03. The van der Waals surface area contributed by atoms with Gasteiger partial charge in [-0.3, -0.25) is 14.5 Å². The lowest BCUT2D eigenvalue weighted by Crippen LogP contribution is -2.44. The fourth-order valence-electron chi connectivity index (χ4n) is 4.98. The van der Waals surface area contributed by atoms with Crippen molar-refractivity contribution in [2.45, 2.75) is 78.5 Å². The molecule has 202 valence electrons. The van der Waals surface area contributed by atoms with Gasteiger partial charge in [0, 0.05) is 17.0 Å². The van der Waals surface area contributed by atoms with Crippen LogP contribution in [-0.4, -0.2) is 39.9 Å². The van der Waals surface area contributed by atoms with Crippen LogP contribution in [0.4, 0.5) is 5.82 Å². The molecule has 3 aromatic rings. The van der Waals surface area contributed by atoms with Gasteiger partial charge in [-0.1, -0.05) is 69.7 Å². The van der Waals surface area contributed by atoms with Crippen LogP contribution in [-0.2, 0) is 15.0 Å². The zero-order chi connectivity index (χ0) is 27.8. The number of carbonyl (C=O) groups excluding carboxylic acids is 2. The number of benzene rings is 2. The highest BCUT2D eigenvalue weighted by Crippen LogP contribution is 2.49. The van der Waals surface area contributed by atoms with E-state index in [1.54, 1.807) is 16.7 Å². The third-order valence-corrected chi connectivity index (χ3v) is 8.41. The molecule has 2 aromatic carbocycles. The van der Waals surface area contributed by atoms with Crippen molar-refractivity contribution in [3.05, 3.63) is 76.0 Å². The standard InChI is InChI=1S/C31H40N4O2S/c1-9-22(5)32-25(36)17-34-26(37)18-38-28(23-13-11-10-12-20(23)3)27-29(31(6,7)8)33-35(30(27)34)24-15-14-19(2)16-21(24)4/h10-16,22,28H,9,17-18H2,1-8H3,(H,32,36). The molecule has 38 heavy (non-hydrogen) atoms. The van der Waals surface area contributed by atoms with Gasteiger partial charge in [-0.05, 0) is 56.9 Å². The van der Waals surface area contributed by atoms with Crippen LogP contribution in [0.3, 0.4) is 0 Å². The smallest absolute Gasteiger partial charge is 0.240 e. The van der Waals surface area contributed by atoms with Gasteiger partial charge in [0.2, 0.25) is 11.8 Å². The van der Waals surface area contributed by atoms with Gasteiger partial charge in [0.25, 0.3) is 0 Å². The number of nitrogens with zero attached hydrogens (tertiary/aromatic N) is 3. The molecule has 1 aliphatic rings. The Morgan fingerprint density at radius 1 is 1.13 bits per heavy atom.